The Labute approximate surface area is 94.9 Å². The average molecular weight is 221 g/mol. The predicted octanol–water partition coefficient (Wildman–Crippen LogP) is 2.51. The summed E-state index contributed by atoms with van der Waals surface area (Å²) in [5, 5.41) is 12.5. The Morgan fingerprint density at radius 3 is 2.93 bits per heavy atom. The maximum Gasteiger partial charge on any atom is 0.140 e. The second-order valence-corrected chi connectivity index (χ2v) is 4.58. The lowest BCUT2D eigenvalue weighted by molar-refractivity contribution is 0.853. The maximum absolute atomic E-state index is 8.57. The molecular formula is C11H15N3S. The quantitative estimate of drug-likeness (QED) is 0.830. The van der Waals surface area contributed by atoms with Gasteiger partial charge in [-0.1, -0.05) is 6.92 Å². The van der Waals surface area contributed by atoms with E-state index < -0.39 is 0 Å². The number of nitrogens with one attached hydrogen (secondary N) is 1. The molecule has 1 aromatic rings. The third kappa shape index (κ3) is 4.22. The summed E-state index contributed by atoms with van der Waals surface area (Å²) in [6, 6.07) is 5.60. The van der Waals surface area contributed by atoms with Crippen LogP contribution in [0, 0.1) is 11.3 Å². The van der Waals surface area contributed by atoms with Crippen LogP contribution in [0.1, 0.15) is 19.0 Å². The summed E-state index contributed by atoms with van der Waals surface area (Å²) in [6.45, 7) is 3.15. The predicted molar refractivity (Wildman–Crippen MR) is 65.0 cm³/mol. The van der Waals surface area contributed by atoms with Crippen LogP contribution in [0.3, 0.4) is 0 Å². The Morgan fingerprint density at radius 2 is 2.40 bits per heavy atom. The molecule has 0 saturated carbocycles. The van der Waals surface area contributed by atoms with Crippen molar-refractivity contribution in [1.82, 2.24) is 4.98 Å². The number of nitriles is 1. The van der Waals surface area contributed by atoms with Crippen molar-refractivity contribution in [3.63, 3.8) is 0 Å². The molecule has 1 rings (SSSR count). The minimum Gasteiger partial charge on any atom is -0.384 e. The van der Waals surface area contributed by atoms with Crippen molar-refractivity contribution < 1.29 is 0 Å². The van der Waals surface area contributed by atoms with E-state index in [1.54, 1.807) is 12.3 Å². The van der Waals surface area contributed by atoms with Crippen molar-refractivity contribution in [1.29, 1.82) is 5.26 Å². The first kappa shape index (κ1) is 11.9. The van der Waals surface area contributed by atoms with Gasteiger partial charge in [-0.2, -0.15) is 17.0 Å². The zero-order chi connectivity index (χ0) is 11.1. The van der Waals surface area contributed by atoms with Gasteiger partial charge in [0.25, 0.3) is 0 Å². The summed E-state index contributed by atoms with van der Waals surface area (Å²) >= 11 is 1.87. The molecule has 0 aliphatic heterocycles. The molecule has 1 aromatic heterocycles. The molecule has 15 heavy (non-hydrogen) atoms. The van der Waals surface area contributed by atoms with E-state index in [9.17, 15) is 0 Å². The van der Waals surface area contributed by atoms with E-state index in [1.165, 1.54) is 0 Å². The Kier molecular flexibility index (Phi) is 4.99. The van der Waals surface area contributed by atoms with Gasteiger partial charge in [0.2, 0.25) is 0 Å². The van der Waals surface area contributed by atoms with E-state index in [4.69, 9.17) is 5.26 Å². The zero-order valence-corrected chi connectivity index (χ0v) is 9.84. The fraction of sp³-hybridized carbons (Fsp3) is 0.455. The van der Waals surface area contributed by atoms with Gasteiger partial charge in [-0.3, -0.25) is 0 Å². The van der Waals surface area contributed by atoms with Crippen molar-refractivity contribution in [2.24, 2.45) is 0 Å². The topological polar surface area (TPSA) is 48.7 Å². The standard InChI is InChI=1S/C11H15N3S/c1-9(15-2)5-6-13-11-4-3-10(7-12)14-8-11/h3-4,8-9,13H,5-6H2,1-2H3. The number of anilines is 1. The van der Waals surface area contributed by atoms with Crippen LogP contribution in [0.2, 0.25) is 0 Å². The lowest BCUT2D eigenvalue weighted by Crippen LogP contribution is -2.07. The normalized spacial score (nSPS) is 11.8. The molecule has 4 heteroatoms. The lowest BCUT2D eigenvalue weighted by Gasteiger charge is -2.09. The largest absolute Gasteiger partial charge is 0.384 e. The minimum absolute atomic E-state index is 0.457. The van der Waals surface area contributed by atoms with E-state index >= 15 is 0 Å². The SMILES string of the molecule is CSC(C)CCNc1ccc(C#N)nc1. The number of hydrogen-bond acceptors (Lipinski definition) is 4. The van der Waals surface area contributed by atoms with Gasteiger partial charge in [0.1, 0.15) is 11.8 Å². The molecule has 0 amide bonds. The molecule has 1 N–H and O–H groups in total. The smallest absolute Gasteiger partial charge is 0.140 e. The first-order chi connectivity index (χ1) is 7.26. The Morgan fingerprint density at radius 1 is 1.60 bits per heavy atom. The molecule has 0 bridgehead atoms. The molecule has 1 heterocycles. The highest BCUT2D eigenvalue weighted by Gasteiger charge is 1.99. The second kappa shape index (κ2) is 6.31. The fourth-order valence-electron chi connectivity index (χ4n) is 1.10. The van der Waals surface area contributed by atoms with Crippen LogP contribution in [-0.4, -0.2) is 23.0 Å². The van der Waals surface area contributed by atoms with Crippen molar-refractivity contribution in [2.75, 3.05) is 18.1 Å². The van der Waals surface area contributed by atoms with Gasteiger partial charge in [0, 0.05) is 11.8 Å². The number of hydrogen-bond donors (Lipinski definition) is 1. The summed E-state index contributed by atoms with van der Waals surface area (Å²) in [5.74, 6) is 0. The summed E-state index contributed by atoms with van der Waals surface area (Å²) < 4.78 is 0. The molecule has 0 saturated heterocycles. The average Bonchev–Trinajstić information content (AvgIpc) is 2.29. The van der Waals surface area contributed by atoms with Crippen LogP contribution in [0.25, 0.3) is 0 Å². The fourth-order valence-corrected chi connectivity index (χ4v) is 1.46. The van der Waals surface area contributed by atoms with Crippen LogP contribution in [0.15, 0.2) is 18.3 Å². The number of nitrogens with zero attached hydrogens (tertiary/aromatic N) is 2. The van der Waals surface area contributed by atoms with Crippen LogP contribution >= 0.6 is 11.8 Å². The molecule has 1 atom stereocenters. The number of rotatable bonds is 5. The molecule has 0 aliphatic carbocycles. The van der Waals surface area contributed by atoms with E-state index in [-0.39, 0.29) is 0 Å². The van der Waals surface area contributed by atoms with Gasteiger partial charge in [-0.15, -0.1) is 0 Å². The summed E-state index contributed by atoms with van der Waals surface area (Å²) in [7, 11) is 0. The molecule has 0 spiro atoms. The van der Waals surface area contributed by atoms with E-state index in [0.29, 0.717) is 10.9 Å². The molecule has 0 aromatic carbocycles. The van der Waals surface area contributed by atoms with Gasteiger partial charge < -0.3 is 5.32 Å². The number of thioether (sulfide) groups is 1. The Hall–Kier alpha value is -1.21. The second-order valence-electron chi connectivity index (χ2n) is 3.31. The van der Waals surface area contributed by atoms with Gasteiger partial charge in [-0.05, 0) is 24.8 Å². The highest BCUT2D eigenvalue weighted by molar-refractivity contribution is 7.99. The summed E-state index contributed by atoms with van der Waals surface area (Å²) in [5.41, 5.74) is 1.43. The Balaban J connectivity index is 2.35. The third-order valence-electron chi connectivity index (χ3n) is 2.16. The van der Waals surface area contributed by atoms with Gasteiger partial charge >= 0.3 is 0 Å². The van der Waals surface area contributed by atoms with E-state index in [0.717, 1.165) is 18.7 Å². The minimum atomic E-state index is 0.457. The van der Waals surface area contributed by atoms with Gasteiger partial charge in [0.15, 0.2) is 0 Å². The highest BCUT2D eigenvalue weighted by atomic mass is 32.2. The first-order valence-electron chi connectivity index (χ1n) is 4.89. The molecule has 0 radical (unpaired) electrons. The van der Waals surface area contributed by atoms with E-state index in [1.807, 2.05) is 23.9 Å². The highest BCUT2D eigenvalue weighted by Crippen LogP contribution is 2.10. The maximum atomic E-state index is 8.57. The van der Waals surface area contributed by atoms with Gasteiger partial charge in [0.05, 0.1) is 11.9 Å². The van der Waals surface area contributed by atoms with Crippen molar-refractivity contribution >= 4 is 17.4 Å². The van der Waals surface area contributed by atoms with Gasteiger partial charge in [-0.25, -0.2) is 4.98 Å². The summed E-state index contributed by atoms with van der Waals surface area (Å²) in [6.07, 6.45) is 4.94. The monoisotopic (exact) mass is 221 g/mol. The van der Waals surface area contributed by atoms with E-state index in [2.05, 4.69) is 23.5 Å². The molecule has 3 nitrogen and oxygen atoms in total. The molecule has 80 valence electrons. The third-order valence-corrected chi connectivity index (χ3v) is 3.20. The Bertz CT molecular complexity index is 329. The first-order valence-corrected chi connectivity index (χ1v) is 6.18. The summed E-state index contributed by atoms with van der Waals surface area (Å²) in [4.78, 5) is 3.99. The number of aromatic nitrogens is 1. The van der Waals surface area contributed by atoms with Crippen LogP contribution in [0.5, 0.6) is 0 Å². The number of pyridine rings is 1. The molecule has 1 unspecified atom stereocenters. The van der Waals surface area contributed by atoms with Crippen molar-refractivity contribution in [3.8, 4) is 6.07 Å². The van der Waals surface area contributed by atoms with Crippen LogP contribution < -0.4 is 5.32 Å². The molecule has 0 aliphatic rings. The molecular weight excluding hydrogens is 206 g/mol. The van der Waals surface area contributed by atoms with Crippen molar-refractivity contribution in [2.45, 2.75) is 18.6 Å². The van der Waals surface area contributed by atoms with Crippen LogP contribution in [-0.2, 0) is 0 Å². The van der Waals surface area contributed by atoms with Crippen LogP contribution in [0.4, 0.5) is 5.69 Å². The lowest BCUT2D eigenvalue weighted by atomic mass is 10.3. The van der Waals surface area contributed by atoms with Crippen molar-refractivity contribution in [3.05, 3.63) is 24.0 Å². The molecule has 0 fully saturated rings. The zero-order valence-electron chi connectivity index (χ0n) is 9.03.